The summed E-state index contributed by atoms with van der Waals surface area (Å²) in [5, 5.41) is 2.31. The van der Waals surface area contributed by atoms with Crippen molar-refractivity contribution < 1.29 is 28.0 Å². The number of likely N-dealkylation sites (tertiary alicyclic amines) is 1. The van der Waals surface area contributed by atoms with E-state index in [1.165, 1.54) is 23.5 Å². The van der Waals surface area contributed by atoms with Crippen molar-refractivity contribution in [3.05, 3.63) is 66.2 Å². The number of rotatable bonds is 5. The fourth-order valence-electron chi connectivity index (χ4n) is 6.30. The maximum absolute atomic E-state index is 16.2. The van der Waals surface area contributed by atoms with Crippen molar-refractivity contribution in [2.24, 2.45) is 0 Å². The van der Waals surface area contributed by atoms with Gasteiger partial charge in [0.05, 0.1) is 34.2 Å². The summed E-state index contributed by atoms with van der Waals surface area (Å²) in [6.07, 6.45) is 4.02. The van der Waals surface area contributed by atoms with Crippen LogP contribution >= 0.6 is 11.3 Å². The van der Waals surface area contributed by atoms with Gasteiger partial charge in [0.15, 0.2) is 5.82 Å². The summed E-state index contributed by atoms with van der Waals surface area (Å²) in [5.74, 6) is -0.337. The van der Waals surface area contributed by atoms with Gasteiger partial charge in [-0.3, -0.25) is 15.1 Å². The highest BCUT2D eigenvalue weighted by Gasteiger charge is 2.52. The number of carbonyl (C=O) groups is 2. The average molecular weight is 702 g/mol. The Balaban J connectivity index is 1.27. The van der Waals surface area contributed by atoms with Gasteiger partial charge in [-0.2, -0.15) is 0 Å². The molecule has 2 N–H and O–H groups in total. The number of fused-ring (bicyclic) bond motifs is 2. The normalized spacial score (nSPS) is 19.8. The van der Waals surface area contributed by atoms with Gasteiger partial charge in [-0.25, -0.2) is 24.2 Å². The Hall–Kier alpha value is -4.31. The van der Waals surface area contributed by atoms with Gasteiger partial charge in [0.25, 0.3) is 5.91 Å². The Morgan fingerprint density at radius 1 is 1.08 bits per heavy atom. The summed E-state index contributed by atoms with van der Waals surface area (Å²) in [7, 11) is -0.606. The number of hydrogen-bond donors (Lipinski definition) is 2. The molecular formula is C35H41BFN7O5S. The molecule has 6 heterocycles. The number of halogens is 1. The minimum absolute atomic E-state index is 0.128. The van der Waals surface area contributed by atoms with Gasteiger partial charge < -0.3 is 18.9 Å². The topological polar surface area (TPSA) is 121 Å². The van der Waals surface area contributed by atoms with E-state index in [-0.39, 0.29) is 12.1 Å². The number of thiophene rings is 1. The lowest BCUT2D eigenvalue weighted by Gasteiger charge is -2.39. The Morgan fingerprint density at radius 3 is 2.56 bits per heavy atom. The monoisotopic (exact) mass is 701 g/mol. The fraction of sp³-hybridized carbons (Fsp3) is 0.429. The zero-order valence-electron chi connectivity index (χ0n) is 29.2. The summed E-state index contributed by atoms with van der Waals surface area (Å²) in [5.41, 5.74) is 5.30. The molecule has 2 amide bonds. The number of hydrogen-bond acceptors (Lipinski definition) is 11. The molecule has 3 aliphatic rings. The molecular weight excluding hydrogens is 660 g/mol. The molecule has 4 aromatic rings. The van der Waals surface area contributed by atoms with E-state index in [0.29, 0.717) is 42.1 Å². The van der Waals surface area contributed by atoms with Crippen molar-refractivity contribution in [3.63, 3.8) is 0 Å². The Kier molecular flexibility index (Phi) is 8.52. The number of carbonyl (C=O) groups excluding carboxylic acids is 2. The predicted octanol–water partition coefficient (Wildman–Crippen LogP) is 6.16. The van der Waals surface area contributed by atoms with Gasteiger partial charge >= 0.3 is 13.2 Å². The van der Waals surface area contributed by atoms with Crippen LogP contribution in [0.15, 0.2) is 54.9 Å². The van der Waals surface area contributed by atoms with Crippen LogP contribution < -0.4 is 25.6 Å². The van der Waals surface area contributed by atoms with Crippen LogP contribution in [-0.2, 0) is 14.0 Å². The van der Waals surface area contributed by atoms with E-state index >= 15 is 4.39 Å². The molecule has 2 saturated heterocycles. The highest BCUT2D eigenvalue weighted by molar-refractivity contribution is 7.28. The molecule has 7 rings (SSSR count). The van der Waals surface area contributed by atoms with Gasteiger partial charge in [0, 0.05) is 40.3 Å². The highest BCUT2D eigenvalue weighted by Crippen LogP contribution is 2.39. The van der Waals surface area contributed by atoms with E-state index in [2.05, 4.69) is 15.9 Å². The number of piperidine rings is 1. The van der Waals surface area contributed by atoms with Crippen LogP contribution in [-0.4, -0.2) is 69.9 Å². The zero-order valence-corrected chi connectivity index (χ0v) is 30.1. The molecule has 50 heavy (non-hydrogen) atoms. The van der Waals surface area contributed by atoms with E-state index < -0.39 is 47.8 Å². The van der Waals surface area contributed by atoms with Crippen molar-refractivity contribution >= 4 is 68.3 Å². The molecule has 0 radical (unpaired) electrons. The standard InChI is InChI=1S/C35H41BFN7O5S/c1-33(2,3)47-32(46)42-17-9-10-22(20-42)43(29-24-19-28(50-27(24)14-16-39-29)36-48-34(4,5)35(6,7)49-36)31(45)23-13-12-21(18-25(23)37)44-30-26(40-41-44)11-8-15-38-30/h8,11-16,18-19,22,40-41H,9-10,17,20H2,1-7H3/t22-/m1/s1. The third-order valence-corrected chi connectivity index (χ3v) is 10.7. The first-order valence-corrected chi connectivity index (χ1v) is 17.6. The molecule has 2 fully saturated rings. The molecule has 0 unspecified atom stereocenters. The molecule has 1 aromatic carbocycles. The number of amides is 2. The first-order valence-electron chi connectivity index (χ1n) is 16.7. The molecule has 0 aliphatic carbocycles. The molecule has 262 valence electrons. The van der Waals surface area contributed by atoms with Crippen LogP contribution in [0.25, 0.3) is 10.1 Å². The second-order valence-electron chi connectivity index (χ2n) is 14.8. The molecule has 3 aromatic heterocycles. The molecule has 0 spiro atoms. The zero-order chi connectivity index (χ0) is 35.6. The fourth-order valence-corrected chi connectivity index (χ4v) is 7.32. The summed E-state index contributed by atoms with van der Waals surface area (Å²) in [4.78, 5) is 40.2. The van der Waals surface area contributed by atoms with E-state index in [0.717, 1.165) is 15.2 Å². The Bertz CT molecular complexity index is 1950. The number of anilines is 4. The van der Waals surface area contributed by atoms with Crippen LogP contribution in [0, 0.1) is 5.82 Å². The maximum atomic E-state index is 16.2. The van der Waals surface area contributed by atoms with Gasteiger partial charge in [-0.05, 0) is 104 Å². The molecule has 12 nitrogen and oxygen atoms in total. The summed E-state index contributed by atoms with van der Waals surface area (Å²) < 4.78 is 36.2. The van der Waals surface area contributed by atoms with E-state index in [1.54, 1.807) is 39.3 Å². The minimum Gasteiger partial charge on any atom is -0.444 e. The highest BCUT2D eigenvalue weighted by atomic mass is 32.1. The molecule has 15 heteroatoms. The lowest BCUT2D eigenvalue weighted by molar-refractivity contribution is 0.00578. The van der Waals surface area contributed by atoms with Crippen molar-refractivity contribution in [2.45, 2.75) is 84.2 Å². The van der Waals surface area contributed by atoms with Gasteiger partial charge in [0.1, 0.15) is 17.2 Å². The van der Waals surface area contributed by atoms with Crippen LogP contribution in [0.5, 0.6) is 0 Å². The van der Waals surface area contributed by atoms with Crippen molar-refractivity contribution in [3.8, 4) is 0 Å². The number of benzene rings is 1. The first-order chi connectivity index (χ1) is 23.6. The molecule has 3 aliphatic heterocycles. The van der Waals surface area contributed by atoms with Crippen molar-refractivity contribution in [1.29, 1.82) is 0 Å². The predicted molar refractivity (Wildman–Crippen MR) is 193 cm³/mol. The lowest BCUT2D eigenvalue weighted by Crippen LogP contribution is -2.53. The van der Waals surface area contributed by atoms with Gasteiger partial charge in [-0.1, -0.05) is 0 Å². The molecule has 1 atom stereocenters. The minimum atomic E-state index is -0.709. The van der Waals surface area contributed by atoms with Crippen LogP contribution in [0.1, 0.15) is 71.7 Å². The summed E-state index contributed by atoms with van der Waals surface area (Å²) in [6, 6.07) is 11.4. The summed E-state index contributed by atoms with van der Waals surface area (Å²) >= 11 is 1.50. The molecule has 0 saturated carbocycles. The Morgan fingerprint density at radius 2 is 1.84 bits per heavy atom. The molecule has 0 bridgehead atoms. The average Bonchev–Trinajstić information content (AvgIpc) is 3.74. The van der Waals surface area contributed by atoms with Gasteiger partial charge in [0.2, 0.25) is 0 Å². The second-order valence-corrected chi connectivity index (χ2v) is 15.9. The number of aromatic nitrogens is 2. The SMILES string of the molecule is CC(C)(C)OC(=O)N1CCC[C@@H](N(C(=O)c2ccc(N3NNc4cccnc43)cc2F)c2nccc3sc(B4OC(C)(C)C(C)(C)O4)cc23)C1. The van der Waals surface area contributed by atoms with E-state index in [9.17, 15) is 9.59 Å². The van der Waals surface area contributed by atoms with Crippen molar-refractivity contribution in [2.75, 3.05) is 28.4 Å². The maximum Gasteiger partial charge on any atom is 0.505 e. The van der Waals surface area contributed by atoms with E-state index in [4.69, 9.17) is 19.0 Å². The largest absolute Gasteiger partial charge is 0.505 e. The lowest BCUT2D eigenvalue weighted by atomic mass is 9.87. The van der Waals surface area contributed by atoms with Gasteiger partial charge in [-0.15, -0.1) is 16.9 Å². The van der Waals surface area contributed by atoms with Crippen LogP contribution in [0.3, 0.4) is 0 Å². The second kappa shape index (κ2) is 12.5. The van der Waals surface area contributed by atoms with Crippen molar-refractivity contribution in [1.82, 2.24) is 20.4 Å². The smallest absolute Gasteiger partial charge is 0.444 e. The Labute approximate surface area is 295 Å². The number of hydrazine groups is 2. The third kappa shape index (κ3) is 6.27. The number of nitrogens with one attached hydrogen (secondary N) is 2. The van der Waals surface area contributed by atoms with E-state index in [1.807, 2.05) is 66.7 Å². The first kappa shape index (κ1) is 34.2. The number of ether oxygens (including phenoxy) is 1. The van der Waals surface area contributed by atoms with Crippen LogP contribution in [0.4, 0.5) is 32.2 Å². The third-order valence-electron chi connectivity index (χ3n) is 9.53. The summed E-state index contributed by atoms with van der Waals surface area (Å²) in [6.45, 7) is 14.1. The van der Waals surface area contributed by atoms with Crippen LogP contribution in [0.2, 0.25) is 0 Å². The number of pyridine rings is 2. The number of nitrogens with zero attached hydrogens (tertiary/aromatic N) is 5. The quantitative estimate of drug-likeness (QED) is 0.234.